The van der Waals surface area contributed by atoms with Gasteiger partial charge in [0.2, 0.25) is 0 Å². The first kappa shape index (κ1) is 20.4. The number of nitrogens with one attached hydrogen (secondary N) is 1. The van der Waals surface area contributed by atoms with Crippen molar-refractivity contribution in [3.8, 4) is 17.1 Å². The van der Waals surface area contributed by atoms with Crippen LogP contribution in [0.1, 0.15) is 5.56 Å². The maximum absolute atomic E-state index is 5.80. The monoisotopic (exact) mass is 402 g/mol. The Morgan fingerprint density at radius 2 is 1.83 bits per heavy atom. The van der Waals surface area contributed by atoms with Gasteiger partial charge in [-0.2, -0.15) is 0 Å². The minimum Gasteiger partial charge on any atom is -0.489 e. The molecule has 2 aromatic carbocycles. The summed E-state index contributed by atoms with van der Waals surface area (Å²) in [5, 5.41) is 3.47. The Hall–Kier alpha value is -2.90. The van der Waals surface area contributed by atoms with Crippen molar-refractivity contribution in [1.29, 1.82) is 0 Å². The maximum atomic E-state index is 5.80. The number of rotatable bonds is 8. The summed E-state index contributed by atoms with van der Waals surface area (Å²) in [4.78, 5) is 11.3. The number of benzene rings is 2. The second kappa shape index (κ2) is 10.2. The van der Waals surface area contributed by atoms with Crippen LogP contribution in [0, 0.1) is 0 Å². The van der Waals surface area contributed by atoms with Crippen molar-refractivity contribution in [3.05, 3.63) is 66.5 Å². The van der Waals surface area contributed by atoms with Crippen LogP contribution in [0.3, 0.4) is 0 Å². The van der Waals surface area contributed by atoms with E-state index in [1.54, 1.807) is 12.4 Å². The molecular formula is C23H27BN4O2. The van der Waals surface area contributed by atoms with Crippen LogP contribution < -0.4 is 15.5 Å². The number of anilines is 1. The van der Waals surface area contributed by atoms with Gasteiger partial charge in [0.15, 0.2) is 11.6 Å². The van der Waals surface area contributed by atoms with Gasteiger partial charge in [0.05, 0.1) is 25.6 Å². The van der Waals surface area contributed by atoms with Crippen molar-refractivity contribution in [2.45, 2.75) is 6.54 Å². The number of morpholine rings is 1. The van der Waals surface area contributed by atoms with Crippen LogP contribution in [-0.2, 0) is 11.3 Å². The maximum Gasteiger partial charge on any atom is 0.159 e. The van der Waals surface area contributed by atoms with Gasteiger partial charge in [-0.05, 0) is 23.8 Å². The van der Waals surface area contributed by atoms with Crippen LogP contribution >= 0.6 is 0 Å². The van der Waals surface area contributed by atoms with E-state index in [1.165, 1.54) is 11.0 Å². The predicted octanol–water partition coefficient (Wildman–Crippen LogP) is 1.73. The third kappa shape index (κ3) is 5.81. The van der Waals surface area contributed by atoms with Gasteiger partial charge < -0.3 is 14.8 Å². The molecule has 1 fully saturated rings. The molecule has 0 unspecified atom stereocenters. The summed E-state index contributed by atoms with van der Waals surface area (Å²) in [5.74, 6) is 1.40. The van der Waals surface area contributed by atoms with E-state index >= 15 is 0 Å². The van der Waals surface area contributed by atoms with E-state index in [1.807, 2.05) is 12.1 Å². The van der Waals surface area contributed by atoms with E-state index in [0.29, 0.717) is 18.2 Å². The molecule has 0 amide bonds. The summed E-state index contributed by atoms with van der Waals surface area (Å²) >= 11 is 0. The molecule has 4 rings (SSSR count). The second-order valence-corrected chi connectivity index (χ2v) is 7.47. The van der Waals surface area contributed by atoms with Gasteiger partial charge in [-0.3, -0.25) is 4.90 Å². The van der Waals surface area contributed by atoms with Crippen molar-refractivity contribution in [1.82, 2.24) is 14.9 Å². The molecule has 0 radical (unpaired) electrons. The van der Waals surface area contributed by atoms with Crippen LogP contribution in [0.15, 0.2) is 60.9 Å². The molecule has 1 aliphatic heterocycles. The van der Waals surface area contributed by atoms with Crippen molar-refractivity contribution >= 4 is 19.0 Å². The molecule has 6 nitrogen and oxygen atoms in total. The molecule has 0 atom stereocenters. The first-order valence-electron chi connectivity index (χ1n) is 10.4. The summed E-state index contributed by atoms with van der Waals surface area (Å²) < 4.78 is 11.2. The Kier molecular flexibility index (Phi) is 6.95. The van der Waals surface area contributed by atoms with Gasteiger partial charge in [-0.1, -0.05) is 35.8 Å². The van der Waals surface area contributed by atoms with E-state index in [2.05, 4.69) is 64.4 Å². The highest BCUT2D eigenvalue weighted by Crippen LogP contribution is 2.19. The lowest BCUT2D eigenvalue weighted by Crippen LogP contribution is -2.38. The standard InChI is InChI=1S/C23H27BN4O2/c24-20-5-2-6-21(14-20)25-15-18-3-1-4-19(13-18)23-26-16-22(17-27-23)30-12-9-28-7-10-29-11-8-28/h1-6,13-14,16-17,25H,7-12,15,24H2. The Morgan fingerprint density at radius 1 is 1.03 bits per heavy atom. The lowest BCUT2D eigenvalue weighted by molar-refractivity contribution is 0.0322. The molecule has 7 heteroatoms. The fourth-order valence-electron chi connectivity index (χ4n) is 3.44. The van der Waals surface area contributed by atoms with Gasteiger partial charge >= 0.3 is 0 Å². The topological polar surface area (TPSA) is 59.5 Å². The minimum absolute atomic E-state index is 0.628. The summed E-state index contributed by atoms with van der Waals surface area (Å²) in [6.07, 6.45) is 3.50. The number of hydrogen-bond donors (Lipinski definition) is 1. The van der Waals surface area contributed by atoms with Crippen LogP contribution in [0.25, 0.3) is 11.4 Å². The fraction of sp³-hybridized carbons (Fsp3) is 0.304. The molecule has 0 bridgehead atoms. The molecule has 1 saturated heterocycles. The number of nitrogens with zero attached hydrogens (tertiary/aromatic N) is 3. The van der Waals surface area contributed by atoms with Crippen LogP contribution in [0.4, 0.5) is 5.69 Å². The Balaban J connectivity index is 1.31. The lowest BCUT2D eigenvalue weighted by atomic mass is 9.96. The quantitative estimate of drug-likeness (QED) is 0.580. The Morgan fingerprint density at radius 3 is 2.63 bits per heavy atom. The molecular weight excluding hydrogens is 375 g/mol. The molecule has 1 aliphatic rings. The molecule has 1 aromatic heterocycles. The summed E-state index contributed by atoms with van der Waals surface area (Å²) in [7, 11) is 2.10. The van der Waals surface area contributed by atoms with E-state index in [9.17, 15) is 0 Å². The molecule has 30 heavy (non-hydrogen) atoms. The van der Waals surface area contributed by atoms with Crippen molar-refractivity contribution in [2.75, 3.05) is 44.8 Å². The third-order valence-corrected chi connectivity index (χ3v) is 5.11. The van der Waals surface area contributed by atoms with Crippen LogP contribution in [0.5, 0.6) is 5.75 Å². The summed E-state index contributed by atoms with van der Waals surface area (Å²) in [6, 6.07) is 16.7. The number of hydrogen-bond acceptors (Lipinski definition) is 6. The average Bonchev–Trinajstić information content (AvgIpc) is 2.79. The first-order chi connectivity index (χ1) is 14.8. The highest BCUT2D eigenvalue weighted by molar-refractivity contribution is 6.32. The summed E-state index contributed by atoms with van der Waals surface area (Å²) in [6.45, 7) is 5.81. The minimum atomic E-state index is 0.628. The highest BCUT2D eigenvalue weighted by Gasteiger charge is 2.10. The molecule has 2 heterocycles. The first-order valence-corrected chi connectivity index (χ1v) is 10.4. The van der Waals surface area contributed by atoms with E-state index < -0.39 is 0 Å². The second-order valence-electron chi connectivity index (χ2n) is 7.47. The van der Waals surface area contributed by atoms with Gasteiger partial charge in [-0.25, -0.2) is 9.97 Å². The van der Waals surface area contributed by atoms with Gasteiger partial charge in [0.25, 0.3) is 0 Å². The van der Waals surface area contributed by atoms with Crippen molar-refractivity contribution < 1.29 is 9.47 Å². The molecule has 0 spiro atoms. The molecule has 0 saturated carbocycles. The van der Waals surface area contributed by atoms with Gasteiger partial charge in [0.1, 0.15) is 14.5 Å². The largest absolute Gasteiger partial charge is 0.489 e. The number of ether oxygens (including phenoxy) is 2. The molecule has 1 N–H and O–H groups in total. The molecule has 0 aliphatic carbocycles. The zero-order chi connectivity index (χ0) is 20.6. The smallest absolute Gasteiger partial charge is 0.159 e. The lowest BCUT2D eigenvalue weighted by Gasteiger charge is -2.26. The SMILES string of the molecule is Bc1cccc(NCc2cccc(-c3ncc(OCCN4CCOCC4)cn3)c2)c1. The normalized spacial score (nSPS) is 14.4. The number of aromatic nitrogens is 2. The average molecular weight is 402 g/mol. The van der Waals surface area contributed by atoms with Crippen LogP contribution in [-0.4, -0.2) is 62.2 Å². The zero-order valence-electron chi connectivity index (χ0n) is 17.4. The van der Waals surface area contributed by atoms with Gasteiger partial charge in [0, 0.05) is 37.4 Å². The van der Waals surface area contributed by atoms with Crippen molar-refractivity contribution in [3.63, 3.8) is 0 Å². The van der Waals surface area contributed by atoms with Gasteiger partial charge in [-0.15, -0.1) is 0 Å². The predicted molar refractivity (Wildman–Crippen MR) is 122 cm³/mol. The fourth-order valence-corrected chi connectivity index (χ4v) is 3.44. The Bertz CT molecular complexity index is 946. The van der Waals surface area contributed by atoms with E-state index in [4.69, 9.17) is 9.47 Å². The molecule has 154 valence electrons. The van der Waals surface area contributed by atoms with Crippen LogP contribution in [0.2, 0.25) is 0 Å². The molecule has 3 aromatic rings. The Labute approximate surface area is 178 Å². The zero-order valence-corrected chi connectivity index (χ0v) is 17.4. The highest BCUT2D eigenvalue weighted by atomic mass is 16.5. The van der Waals surface area contributed by atoms with E-state index in [0.717, 1.165) is 50.6 Å². The van der Waals surface area contributed by atoms with E-state index in [-0.39, 0.29) is 0 Å². The van der Waals surface area contributed by atoms with Crippen molar-refractivity contribution in [2.24, 2.45) is 0 Å². The summed E-state index contributed by atoms with van der Waals surface area (Å²) in [5.41, 5.74) is 4.55. The third-order valence-electron chi connectivity index (χ3n) is 5.11.